The number of H-pyrrole nitrogens is 1. The number of imidazole rings is 1. The van der Waals surface area contributed by atoms with Crippen LogP contribution in [0.1, 0.15) is 25.6 Å². The minimum absolute atomic E-state index is 0.0344. The first kappa shape index (κ1) is 14.9. The van der Waals surface area contributed by atoms with Crippen molar-refractivity contribution in [3.8, 4) is 0 Å². The number of aromatic nitrogens is 2. The number of nitrogens with one attached hydrogen (secondary N) is 2. The highest BCUT2D eigenvalue weighted by molar-refractivity contribution is 7.89. The molecule has 0 saturated heterocycles. The Bertz CT molecular complexity index is 713. The van der Waals surface area contributed by atoms with Crippen LogP contribution in [0.15, 0.2) is 12.1 Å². The summed E-state index contributed by atoms with van der Waals surface area (Å²) < 4.78 is 52.1. The van der Waals surface area contributed by atoms with E-state index < -0.39 is 21.7 Å². The third-order valence-electron chi connectivity index (χ3n) is 2.82. The molecule has 1 heterocycles. The van der Waals surface area contributed by atoms with E-state index in [1.807, 2.05) is 6.92 Å². The van der Waals surface area contributed by atoms with Gasteiger partial charge in [0.05, 0.1) is 17.8 Å². The Morgan fingerprint density at radius 3 is 2.80 bits per heavy atom. The molecule has 0 aliphatic rings. The van der Waals surface area contributed by atoms with Crippen LogP contribution in [0.25, 0.3) is 11.0 Å². The van der Waals surface area contributed by atoms with Crippen molar-refractivity contribution in [1.29, 1.82) is 0 Å². The van der Waals surface area contributed by atoms with E-state index in [0.29, 0.717) is 11.9 Å². The Morgan fingerprint density at radius 2 is 2.10 bits per heavy atom. The molecule has 0 bridgehead atoms. The maximum atomic E-state index is 13.5. The normalized spacial score (nSPS) is 12.2. The smallest absolute Gasteiger partial charge is 0.212 e. The highest BCUT2D eigenvalue weighted by atomic mass is 32.2. The Kier molecular flexibility index (Phi) is 4.34. The van der Waals surface area contributed by atoms with Gasteiger partial charge in [0.25, 0.3) is 0 Å². The second-order valence-electron chi connectivity index (χ2n) is 4.43. The van der Waals surface area contributed by atoms with Crippen LogP contribution in [-0.4, -0.2) is 24.1 Å². The average molecular weight is 303 g/mol. The molecule has 0 spiro atoms. The minimum atomic E-state index is -3.38. The molecule has 1 aromatic carbocycles. The van der Waals surface area contributed by atoms with Gasteiger partial charge in [-0.15, -0.1) is 0 Å². The molecule has 0 amide bonds. The molecule has 1 aromatic heterocycles. The predicted molar refractivity (Wildman–Crippen MR) is 71.5 cm³/mol. The van der Waals surface area contributed by atoms with E-state index in [1.54, 1.807) is 0 Å². The van der Waals surface area contributed by atoms with Gasteiger partial charge >= 0.3 is 0 Å². The van der Waals surface area contributed by atoms with E-state index in [4.69, 9.17) is 0 Å². The van der Waals surface area contributed by atoms with Gasteiger partial charge in [-0.3, -0.25) is 0 Å². The summed E-state index contributed by atoms with van der Waals surface area (Å²) in [6.45, 7) is 1.81. The van der Waals surface area contributed by atoms with Crippen molar-refractivity contribution in [2.24, 2.45) is 0 Å². The quantitative estimate of drug-likeness (QED) is 0.857. The van der Waals surface area contributed by atoms with Gasteiger partial charge in [-0.2, -0.15) is 0 Å². The molecule has 0 unspecified atom stereocenters. The molecule has 110 valence electrons. The molecule has 5 nitrogen and oxygen atoms in total. The van der Waals surface area contributed by atoms with Gasteiger partial charge in [-0.05, 0) is 18.6 Å². The van der Waals surface area contributed by atoms with Crippen LogP contribution in [0.3, 0.4) is 0 Å². The number of sulfonamides is 1. The molecule has 8 heteroatoms. The molecular formula is C12H15F2N3O2S. The van der Waals surface area contributed by atoms with Crippen LogP contribution >= 0.6 is 0 Å². The van der Waals surface area contributed by atoms with E-state index in [2.05, 4.69) is 14.7 Å². The lowest BCUT2D eigenvalue weighted by atomic mass is 10.3. The van der Waals surface area contributed by atoms with E-state index in [9.17, 15) is 17.2 Å². The number of nitrogens with zero attached hydrogens (tertiary/aromatic N) is 1. The average Bonchev–Trinajstić information content (AvgIpc) is 2.83. The summed E-state index contributed by atoms with van der Waals surface area (Å²) in [5.74, 6) is -1.75. The lowest BCUT2D eigenvalue weighted by Gasteiger charge is -2.03. The van der Waals surface area contributed by atoms with Gasteiger partial charge < -0.3 is 4.98 Å². The third kappa shape index (κ3) is 3.31. The lowest BCUT2D eigenvalue weighted by Crippen LogP contribution is -2.26. The Morgan fingerprint density at radius 1 is 1.35 bits per heavy atom. The number of unbranched alkanes of at least 4 members (excludes halogenated alkanes) is 1. The van der Waals surface area contributed by atoms with Crippen LogP contribution in [0.2, 0.25) is 0 Å². The topological polar surface area (TPSA) is 74.8 Å². The van der Waals surface area contributed by atoms with E-state index in [1.165, 1.54) is 6.07 Å². The van der Waals surface area contributed by atoms with Crippen molar-refractivity contribution in [3.05, 3.63) is 29.6 Å². The molecule has 2 aromatic rings. The molecule has 0 aliphatic carbocycles. The highest BCUT2D eigenvalue weighted by Gasteiger charge is 2.14. The summed E-state index contributed by atoms with van der Waals surface area (Å²) in [7, 11) is -3.38. The third-order valence-corrected chi connectivity index (χ3v) is 4.23. The van der Waals surface area contributed by atoms with Gasteiger partial charge in [0.15, 0.2) is 11.6 Å². The number of fused-ring (bicyclic) bond motifs is 1. The maximum absolute atomic E-state index is 13.5. The first-order valence-corrected chi connectivity index (χ1v) is 7.88. The summed E-state index contributed by atoms with van der Waals surface area (Å²) in [5, 5.41) is 0. The largest absolute Gasteiger partial charge is 0.341 e. The van der Waals surface area contributed by atoms with Crippen molar-refractivity contribution in [2.45, 2.75) is 26.3 Å². The Balaban J connectivity index is 2.13. The Hall–Kier alpha value is -1.54. The summed E-state index contributed by atoms with van der Waals surface area (Å²) in [6.07, 6.45) is 1.34. The monoisotopic (exact) mass is 303 g/mol. The fourth-order valence-corrected chi connectivity index (χ4v) is 2.91. The molecule has 2 N–H and O–H groups in total. The summed E-state index contributed by atoms with van der Waals surface area (Å²) in [4.78, 5) is 6.61. The van der Waals surface area contributed by atoms with Gasteiger partial charge in [-0.25, -0.2) is 26.9 Å². The fraction of sp³-hybridized carbons (Fsp3) is 0.417. The molecule has 0 atom stereocenters. The zero-order chi connectivity index (χ0) is 14.8. The molecular weight excluding hydrogens is 288 g/mol. The number of hydrogen-bond donors (Lipinski definition) is 2. The summed E-state index contributed by atoms with van der Waals surface area (Å²) in [6, 6.07) is 2.35. The van der Waals surface area contributed by atoms with Crippen LogP contribution < -0.4 is 4.72 Å². The zero-order valence-electron chi connectivity index (χ0n) is 10.9. The lowest BCUT2D eigenvalue weighted by molar-refractivity contribution is 0.515. The van der Waals surface area contributed by atoms with E-state index in [-0.39, 0.29) is 23.6 Å². The van der Waals surface area contributed by atoms with Gasteiger partial charge in [-0.1, -0.05) is 13.3 Å². The second-order valence-corrected chi connectivity index (χ2v) is 6.36. The number of halogens is 2. The van der Waals surface area contributed by atoms with Crippen molar-refractivity contribution in [2.75, 3.05) is 5.75 Å². The zero-order valence-corrected chi connectivity index (χ0v) is 11.7. The van der Waals surface area contributed by atoms with E-state index in [0.717, 1.165) is 12.5 Å². The standard InChI is InChI=1S/C12H15F2N3O2S/c1-2-3-6-20(18,19)15-7-10-16-9-5-4-8(13)11(14)12(9)17-10/h4-5,15H,2-3,6-7H2,1H3,(H,16,17). The first-order chi connectivity index (χ1) is 9.43. The summed E-state index contributed by atoms with van der Waals surface area (Å²) >= 11 is 0. The van der Waals surface area contributed by atoms with Gasteiger partial charge in [0, 0.05) is 0 Å². The molecule has 0 aliphatic heterocycles. The highest BCUT2D eigenvalue weighted by Crippen LogP contribution is 2.18. The predicted octanol–water partition coefficient (Wildman–Crippen LogP) is 2.06. The molecule has 20 heavy (non-hydrogen) atoms. The number of aromatic amines is 1. The molecule has 0 saturated carbocycles. The molecule has 0 radical (unpaired) electrons. The molecule has 0 fully saturated rings. The van der Waals surface area contributed by atoms with Crippen molar-refractivity contribution < 1.29 is 17.2 Å². The van der Waals surface area contributed by atoms with Crippen LogP contribution in [-0.2, 0) is 16.6 Å². The van der Waals surface area contributed by atoms with Crippen molar-refractivity contribution >= 4 is 21.1 Å². The maximum Gasteiger partial charge on any atom is 0.212 e. The van der Waals surface area contributed by atoms with Crippen molar-refractivity contribution in [3.63, 3.8) is 0 Å². The van der Waals surface area contributed by atoms with Crippen LogP contribution in [0.4, 0.5) is 8.78 Å². The first-order valence-electron chi connectivity index (χ1n) is 6.23. The number of rotatable bonds is 6. The minimum Gasteiger partial charge on any atom is -0.341 e. The number of hydrogen-bond acceptors (Lipinski definition) is 3. The fourth-order valence-electron chi connectivity index (χ4n) is 1.74. The van der Waals surface area contributed by atoms with Crippen LogP contribution in [0, 0.1) is 11.6 Å². The second kappa shape index (κ2) is 5.84. The number of benzene rings is 1. The molecule has 2 rings (SSSR count). The van der Waals surface area contributed by atoms with Gasteiger partial charge in [0.2, 0.25) is 10.0 Å². The van der Waals surface area contributed by atoms with Crippen LogP contribution in [0.5, 0.6) is 0 Å². The SMILES string of the molecule is CCCCS(=O)(=O)NCc1nc2c(F)c(F)ccc2[nH]1. The Labute approximate surface area is 115 Å². The van der Waals surface area contributed by atoms with Crippen molar-refractivity contribution in [1.82, 2.24) is 14.7 Å². The van der Waals surface area contributed by atoms with E-state index >= 15 is 0 Å². The van der Waals surface area contributed by atoms with Gasteiger partial charge in [0.1, 0.15) is 11.3 Å². The summed E-state index contributed by atoms with van der Waals surface area (Å²) in [5.41, 5.74) is 0.194.